The third-order valence-electron chi connectivity index (χ3n) is 2.99. The van der Waals surface area contributed by atoms with Crippen molar-refractivity contribution in [1.29, 1.82) is 5.41 Å². The summed E-state index contributed by atoms with van der Waals surface area (Å²) in [6.45, 7) is 5.73. The molecule has 0 aromatic rings. The van der Waals surface area contributed by atoms with E-state index in [0.717, 1.165) is 12.8 Å². The zero-order chi connectivity index (χ0) is 13.6. The van der Waals surface area contributed by atoms with Gasteiger partial charge in [0.25, 0.3) is 0 Å². The topological polar surface area (TPSA) is 44.2 Å². The normalized spacial score (nSPS) is 17.2. The van der Waals surface area contributed by atoms with Crippen molar-refractivity contribution in [3.63, 3.8) is 0 Å². The summed E-state index contributed by atoms with van der Waals surface area (Å²) in [7, 11) is 0. The summed E-state index contributed by atoms with van der Waals surface area (Å²) in [6.07, 6.45) is 16.7. The predicted molar refractivity (Wildman–Crippen MR) is 78.1 cm³/mol. The first-order valence-corrected chi connectivity index (χ1v) is 6.80. The van der Waals surface area contributed by atoms with Crippen LogP contribution in [0.3, 0.4) is 0 Å². The zero-order valence-corrected chi connectivity index (χ0v) is 11.5. The van der Waals surface area contributed by atoms with E-state index in [1.165, 1.54) is 38.5 Å². The van der Waals surface area contributed by atoms with Gasteiger partial charge in [-0.1, -0.05) is 51.2 Å². The summed E-state index contributed by atoms with van der Waals surface area (Å²) >= 11 is 0. The monoisotopic (exact) mass is 250 g/mol. The van der Waals surface area contributed by atoms with E-state index in [2.05, 4.69) is 18.5 Å². The lowest BCUT2D eigenvalue weighted by Gasteiger charge is -2.26. The fourth-order valence-corrected chi connectivity index (χ4v) is 1.97. The maximum Gasteiger partial charge on any atom is 0.146 e. The molecule has 0 aromatic heterocycles. The molecule has 3 nitrogen and oxygen atoms in total. The van der Waals surface area contributed by atoms with Crippen LogP contribution in [0.4, 0.5) is 0 Å². The molecule has 0 saturated heterocycles. The first-order chi connectivity index (χ1) is 8.88. The van der Waals surface area contributed by atoms with Gasteiger partial charge in [-0.2, -0.15) is 0 Å². The van der Waals surface area contributed by atoms with Crippen LogP contribution in [0.5, 0.6) is 0 Å². The van der Waals surface area contributed by atoms with Gasteiger partial charge in [0.05, 0.1) is 0 Å². The first kappa shape index (κ1) is 16.6. The van der Waals surface area contributed by atoms with Crippen molar-refractivity contribution in [3.8, 4) is 0 Å². The number of allylic oxidation sites excluding steroid dienone is 2. The smallest absolute Gasteiger partial charge is 0.146 e. The summed E-state index contributed by atoms with van der Waals surface area (Å²) in [5.74, 6) is 0. The van der Waals surface area contributed by atoms with Gasteiger partial charge in [-0.15, -0.1) is 0 Å². The summed E-state index contributed by atoms with van der Waals surface area (Å²) in [4.78, 5) is 12.9. The number of nitrogens with one attached hydrogen (secondary N) is 1. The maximum absolute atomic E-state index is 10.8. The lowest BCUT2D eigenvalue weighted by Crippen LogP contribution is -2.32. The summed E-state index contributed by atoms with van der Waals surface area (Å²) in [5.41, 5.74) is 0. The molecular formula is C15H26N2O. The number of carbonyl (C=O) groups is 1. The van der Waals surface area contributed by atoms with Crippen LogP contribution < -0.4 is 0 Å². The molecule has 1 unspecified atom stereocenters. The Bertz CT molecular complexity index is 261. The zero-order valence-electron chi connectivity index (χ0n) is 11.5. The van der Waals surface area contributed by atoms with Gasteiger partial charge in [0.2, 0.25) is 0 Å². The van der Waals surface area contributed by atoms with Crippen molar-refractivity contribution in [3.05, 3.63) is 24.4 Å². The molecule has 0 spiro atoms. The van der Waals surface area contributed by atoms with Crippen LogP contribution in [0.2, 0.25) is 0 Å². The van der Waals surface area contributed by atoms with Crippen LogP contribution in [0, 0.1) is 5.41 Å². The molecule has 0 radical (unpaired) electrons. The number of nitrogens with zero attached hydrogens (tertiary/aromatic N) is 1. The highest BCUT2D eigenvalue weighted by Gasteiger charge is 2.11. The lowest BCUT2D eigenvalue weighted by atomic mass is 10.1. The fraction of sp³-hybridized carbons (Fsp3) is 0.600. The third-order valence-corrected chi connectivity index (χ3v) is 2.99. The van der Waals surface area contributed by atoms with E-state index in [9.17, 15) is 4.79 Å². The van der Waals surface area contributed by atoms with Gasteiger partial charge in [0, 0.05) is 12.7 Å². The third kappa shape index (κ3) is 7.05. The Balaban J connectivity index is 0.00000137. The fourth-order valence-electron chi connectivity index (χ4n) is 1.97. The first-order valence-electron chi connectivity index (χ1n) is 6.80. The van der Waals surface area contributed by atoms with Gasteiger partial charge in [0.15, 0.2) is 0 Å². The van der Waals surface area contributed by atoms with Crippen LogP contribution in [0.25, 0.3) is 0 Å². The molecule has 0 bridgehead atoms. The van der Waals surface area contributed by atoms with Gasteiger partial charge < -0.3 is 15.1 Å². The van der Waals surface area contributed by atoms with Gasteiger partial charge in [-0.25, -0.2) is 0 Å². The highest BCUT2D eigenvalue weighted by Crippen LogP contribution is 2.10. The van der Waals surface area contributed by atoms with Crippen LogP contribution in [0.1, 0.15) is 45.4 Å². The van der Waals surface area contributed by atoms with Gasteiger partial charge in [-0.05, 0) is 19.2 Å². The Morgan fingerprint density at radius 3 is 2.50 bits per heavy atom. The van der Waals surface area contributed by atoms with Crippen LogP contribution >= 0.6 is 0 Å². The molecule has 1 rings (SSSR count). The second kappa shape index (κ2) is 12.1. The van der Waals surface area contributed by atoms with Crippen LogP contribution in [-0.4, -0.2) is 30.5 Å². The van der Waals surface area contributed by atoms with Crippen molar-refractivity contribution in [1.82, 2.24) is 4.90 Å². The predicted octanol–water partition coefficient (Wildman–Crippen LogP) is 3.57. The van der Waals surface area contributed by atoms with Gasteiger partial charge in [-0.3, -0.25) is 0 Å². The number of unbranched alkanes of at least 4 members (excludes halogenated alkanes) is 5. The Hall–Kier alpha value is -1.38. The molecule has 0 fully saturated rings. The minimum Gasteiger partial charge on any atom is -0.364 e. The van der Waals surface area contributed by atoms with E-state index in [1.807, 2.05) is 24.4 Å². The van der Waals surface area contributed by atoms with E-state index in [4.69, 9.17) is 5.41 Å². The molecule has 0 saturated carbocycles. The van der Waals surface area contributed by atoms with E-state index in [-0.39, 0.29) is 6.04 Å². The standard InChI is InChI=1S/C14H23NO.CH3N/c1-2-3-4-5-6-8-11-15-12-9-7-10-14(15)13-16;1-2/h7,9-10,12-14H,2-6,8,11H2,1H3;2H,1H2. The molecule has 1 atom stereocenters. The number of hydrogen-bond donors (Lipinski definition) is 1. The van der Waals surface area contributed by atoms with E-state index in [0.29, 0.717) is 0 Å². The molecule has 0 aromatic carbocycles. The SMILES string of the molecule is C=N.CCCCCCCCN1C=CC=CC1C=O. The minimum atomic E-state index is -0.0411. The highest BCUT2D eigenvalue weighted by molar-refractivity contribution is 5.62. The Kier molecular flexibility index (Phi) is 11.2. The number of hydrogen-bond acceptors (Lipinski definition) is 3. The Labute approximate surface area is 111 Å². The molecule has 1 heterocycles. The van der Waals surface area contributed by atoms with E-state index < -0.39 is 0 Å². The average molecular weight is 250 g/mol. The molecule has 18 heavy (non-hydrogen) atoms. The van der Waals surface area contributed by atoms with Crippen molar-refractivity contribution in [2.24, 2.45) is 0 Å². The molecule has 1 N–H and O–H groups in total. The molecule has 0 amide bonds. The summed E-state index contributed by atoms with van der Waals surface area (Å²) in [6, 6.07) is -0.0411. The second-order valence-electron chi connectivity index (χ2n) is 4.36. The Morgan fingerprint density at radius 1 is 1.17 bits per heavy atom. The average Bonchev–Trinajstić information content (AvgIpc) is 2.45. The number of carbonyl (C=O) groups excluding carboxylic acids is 1. The largest absolute Gasteiger partial charge is 0.364 e. The van der Waals surface area contributed by atoms with Crippen molar-refractivity contribution < 1.29 is 4.79 Å². The second-order valence-corrected chi connectivity index (χ2v) is 4.36. The molecule has 1 aliphatic rings. The van der Waals surface area contributed by atoms with Crippen LogP contribution in [0.15, 0.2) is 24.4 Å². The quantitative estimate of drug-likeness (QED) is 0.406. The molecule has 3 heteroatoms. The highest BCUT2D eigenvalue weighted by atomic mass is 16.1. The van der Waals surface area contributed by atoms with E-state index >= 15 is 0 Å². The van der Waals surface area contributed by atoms with Crippen molar-refractivity contribution in [2.45, 2.75) is 51.5 Å². The summed E-state index contributed by atoms with van der Waals surface area (Å²) in [5, 5.41) is 5.50. The van der Waals surface area contributed by atoms with Gasteiger partial charge in [0.1, 0.15) is 12.3 Å². The number of rotatable bonds is 8. The van der Waals surface area contributed by atoms with Crippen LogP contribution in [-0.2, 0) is 4.79 Å². The summed E-state index contributed by atoms with van der Waals surface area (Å²) < 4.78 is 0. The van der Waals surface area contributed by atoms with Crippen molar-refractivity contribution >= 4 is 13.0 Å². The van der Waals surface area contributed by atoms with E-state index in [1.54, 1.807) is 0 Å². The minimum absolute atomic E-state index is 0.0411. The van der Waals surface area contributed by atoms with Gasteiger partial charge >= 0.3 is 0 Å². The molecule has 0 aliphatic carbocycles. The molecular weight excluding hydrogens is 224 g/mol. The molecule has 102 valence electrons. The lowest BCUT2D eigenvalue weighted by molar-refractivity contribution is -0.110. The number of aldehydes is 1. The van der Waals surface area contributed by atoms with Crippen molar-refractivity contribution in [2.75, 3.05) is 6.54 Å². The maximum atomic E-state index is 10.8. The molecule has 1 aliphatic heterocycles. The Morgan fingerprint density at radius 2 is 1.83 bits per heavy atom.